The van der Waals surface area contributed by atoms with Crippen molar-refractivity contribution in [2.45, 2.75) is 6.54 Å². The first-order valence-corrected chi connectivity index (χ1v) is 9.78. The van der Waals surface area contributed by atoms with E-state index in [9.17, 15) is 9.18 Å². The van der Waals surface area contributed by atoms with Gasteiger partial charge in [-0.15, -0.1) is 0 Å². The van der Waals surface area contributed by atoms with Gasteiger partial charge in [-0.1, -0.05) is 12.1 Å². The molecule has 3 rings (SSSR count). The van der Waals surface area contributed by atoms with Gasteiger partial charge in [-0.25, -0.2) is 4.39 Å². The fourth-order valence-electron chi connectivity index (χ4n) is 3.44. The average molecular weight is 414 g/mol. The lowest BCUT2D eigenvalue weighted by molar-refractivity contribution is -0.127. The number of nitrogens with zero attached hydrogens (tertiary/aromatic N) is 2. The van der Waals surface area contributed by atoms with Crippen LogP contribution < -0.4 is 14.2 Å². The molecule has 1 aliphatic heterocycles. The van der Waals surface area contributed by atoms with Crippen LogP contribution in [-0.2, 0) is 11.3 Å². The smallest absolute Gasteiger partial charge is 0.246 e. The van der Waals surface area contributed by atoms with Crippen molar-refractivity contribution in [1.82, 2.24) is 9.80 Å². The lowest BCUT2D eigenvalue weighted by Gasteiger charge is -2.34. The first-order chi connectivity index (χ1) is 14.5. The maximum atomic E-state index is 13.0. The third kappa shape index (κ3) is 5.30. The molecule has 0 bridgehead atoms. The van der Waals surface area contributed by atoms with Crippen molar-refractivity contribution >= 4 is 12.0 Å². The van der Waals surface area contributed by atoms with Crippen LogP contribution in [0.25, 0.3) is 6.08 Å². The third-order valence-electron chi connectivity index (χ3n) is 5.11. The summed E-state index contributed by atoms with van der Waals surface area (Å²) >= 11 is 0. The van der Waals surface area contributed by atoms with Crippen LogP contribution in [0.2, 0.25) is 0 Å². The molecule has 0 saturated carbocycles. The molecule has 1 amide bonds. The van der Waals surface area contributed by atoms with Crippen molar-refractivity contribution in [2.75, 3.05) is 47.5 Å². The first-order valence-electron chi connectivity index (χ1n) is 9.78. The topological polar surface area (TPSA) is 51.2 Å². The van der Waals surface area contributed by atoms with Crippen LogP contribution >= 0.6 is 0 Å². The lowest BCUT2D eigenvalue weighted by Crippen LogP contribution is -2.47. The number of amides is 1. The van der Waals surface area contributed by atoms with E-state index in [4.69, 9.17) is 14.2 Å². The number of methoxy groups -OCH3 is 3. The van der Waals surface area contributed by atoms with Gasteiger partial charge in [-0.05, 0) is 41.5 Å². The molecular weight excluding hydrogens is 387 g/mol. The number of hydrogen-bond acceptors (Lipinski definition) is 5. The Morgan fingerprint density at radius 2 is 1.57 bits per heavy atom. The fourth-order valence-corrected chi connectivity index (χ4v) is 3.44. The Morgan fingerprint density at radius 1 is 0.967 bits per heavy atom. The van der Waals surface area contributed by atoms with Crippen molar-refractivity contribution in [3.63, 3.8) is 0 Å². The Balaban J connectivity index is 1.58. The lowest BCUT2D eigenvalue weighted by atomic mass is 10.1. The number of hydrogen-bond donors (Lipinski definition) is 0. The van der Waals surface area contributed by atoms with Crippen LogP contribution in [0.15, 0.2) is 42.5 Å². The molecule has 0 atom stereocenters. The van der Waals surface area contributed by atoms with Gasteiger partial charge in [-0.2, -0.15) is 0 Å². The molecule has 0 radical (unpaired) electrons. The molecular formula is C23H27FN2O4. The number of carbonyl (C=O) groups is 1. The number of halogens is 1. The Morgan fingerprint density at radius 3 is 2.10 bits per heavy atom. The fraction of sp³-hybridized carbons (Fsp3) is 0.348. The summed E-state index contributed by atoms with van der Waals surface area (Å²) in [5.41, 5.74) is 1.85. The number of rotatable bonds is 7. The highest BCUT2D eigenvalue weighted by Crippen LogP contribution is 2.38. The van der Waals surface area contributed by atoms with Crippen molar-refractivity contribution in [1.29, 1.82) is 0 Å². The standard InChI is InChI=1S/C23H27FN2O4/c1-28-20-14-18(15-21(29-2)23(20)30-3)6-9-22(27)26-12-10-25(11-13-26)16-17-4-7-19(24)8-5-17/h4-9,14-15H,10-13,16H2,1-3H3. The second-order valence-corrected chi connectivity index (χ2v) is 7.02. The minimum atomic E-state index is -0.229. The van der Waals surface area contributed by atoms with E-state index < -0.39 is 0 Å². The van der Waals surface area contributed by atoms with E-state index >= 15 is 0 Å². The average Bonchev–Trinajstić information content (AvgIpc) is 2.78. The molecule has 1 heterocycles. The van der Waals surface area contributed by atoms with Gasteiger partial charge in [0, 0.05) is 38.8 Å². The number of carbonyl (C=O) groups excluding carboxylic acids is 1. The Hall–Kier alpha value is -3.06. The molecule has 0 spiro atoms. The van der Waals surface area contributed by atoms with Crippen molar-refractivity contribution in [2.24, 2.45) is 0 Å². The molecule has 7 heteroatoms. The molecule has 30 heavy (non-hydrogen) atoms. The largest absolute Gasteiger partial charge is 0.493 e. The predicted octanol–water partition coefficient (Wildman–Crippen LogP) is 3.21. The van der Waals surface area contributed by atoms with Crippen LogP contribution in [0, 0.1) is 5.82 Å². The quantitative estimate of drug-likeness (QED) is 0.652. The highest BCUT2D eigenvalue weighted by Gasteiger charge is 2.20. The molecule has 1 aliphatic rings. The molecule has 0 N–H and O–H groups in total. The van der Waals surface area contributed by atoms with Crippen LogP contribution in [0.3, 0.4) is 0 Å². The summed E-state index contributed by atoms with van der Waals surface area (Å²) in [6.07, 6.45) is 3.31. The van der Waals surface area contributed by atoms with Gasteiger partial charge in [-0.3, -0.25) is 9.69 Å². The Kier molecular flexibility index (Phi) is 7.30. The summed E-state index contributed by atoms with van der Waals surface area (Å²) < 4.78 is 29.1. The molecule has 6 nitrogen and oxygen atoms in total. The summed E-state index contributed by atoms with van der Waals surface area (Å²) in [4.78, 5) is 16.7. The molecule has 0 aliphatic carbocycles. The van der Waals surface area contributed by atoms with E-state index in [2.05, 4.69) is 4.90 Å². The zero-order chi connectivity index (χ0) is 21.5. The van der Waals surface area contributed by atoms with Gasteiger partial charge in [0.2, 0.25) is 11.7 Å². The second-order valence-electron chi connectivity index (χ2n) is 7.02. The summed E-state index contributed by atoms with van der Waals surface area (Å²) in [6.45, 7) is 3.62. The monoisotopic (exact) mass is 414 g/mol. The SMILES string of the molecule is COc1cc(C=CC(=O)N2CCN(Cc3ccc(F)cc3)CC2)cc(OC)c1OC. The van der Waals surface area contributed by atoms with Gasteiger partial charge in [0.15, 0.2) is 11.5 Å². The van der Waals surface area contributed by atoms with Crippen molar-refractivity contribution in [3.8, 4) is 17.2 Å². The van der Waals surface area contributed by atoms with Gasteiger partial charge in [0.1, 0.15) is 5.82 Å². The van der Waals surface area contributed by atoms with E-state index in [1.54, 1.807) is 57.7 Å². The van der Waals surface area contributed by atoms with Crippen LogP contribution in [-0.4, -0.2) is 63.2 Å². The van der Waals surface area contributed by atoms with Gasteiger partial charge in [0.25, 0.3) is 0 Å². The molecule has 2 aromatic rings. The highest BCUT2D eigenvalue weighted by atomic mass is 19.1. The molecule has 160 valence electrons. The van der Waals surface area contributed by atoms with E-state index in [0.717, 1.165) is 30.8 Å². The van der Waals surface area contributed by atoms with Crippen molar-refractivity contribution in [3.05, 3.63) is 59.4 Å². The summed E-state index contributed by atoms with van der Waals surface area (Å²) in [5, 5.41) is 0. The van der Waals surface area contributed by atoms with E-state index in [1.165, 1.54) is 12.1 Å². The molecule has 1 saturated heterocycles. The number of ether oxygens (including phenoxy) is 3. The third-order valence-corrected chi connectivity index (χ3v) is 5.11. The van der Waals surface area contributed by atoms with Crippen LogP contribution in [0.1, 0.15) is 11.1 Å². The second kappa shape index (κ2) is 10.1. The molecule has 0 aromatic heterocycles. The minimum absolute atomic E-state index is 0.0369. The zero-order valence-corrected chi connectivity index (χ0v) is 17.6. The zero-order valence-electron chi connectivity index (χ0n) is 17.6. The minimum Gasteiger partial charge on any atom is -0.493 e. The molecule has 0 unspecified atom stereocenters. The van der Waals surface area contributed by atoms with E-state index in [1.807, 2.05) is 4.90 Å². The van der Waals surface area contributed by atoms with Gasteiger partial charge < -0.3 is 19.1 Å². The van der Waals surface area contributed by atoms with Crippen LogP contribution in [0.5, 0.6) is 17.2 Å². The van der Waals surface area contributed by atoms with E-state index in [-0.39, 0.29) is 11.7 Å². The summed E-state index contributed by atoms with van der Waals surface area (Å²) in [7, 11) is 4.66. The summed E-state index contributed by atoms with van der Waals surface area (Å²) in [5.74, 6) is 1.33. The summed E-state index contributed by atoms with van der Waals surface area (Å²) in [6, 6.07) is 10.1. The van der Waals surface area contributed by atoms with Gasteiger partial charge in [0.05, 0.1) is 21.3 Å². The molecule has 2 aromatic carbocycles. The van der Waals surface area contributed by atoms with Gasteiger partial charge >= 0.3 is 0 Å². The maximum absolute atomic E-state index is 13.0. The van der Waals surface area contributed by atoms with Crippen LogP contribution in [0.4, 0.5) is 4.39 Å². The Labute approximate surface area is 176 Å². The van der Waals surface area contributed by atoms with Crippen molar-refractivity contribution < 1.29 is 23.4 Å². The Bertz CT molecular complexity index is 866. The predicted molar refractivity (Wildman–Crippen MR) is 113 cm³/mol. The first kappa shape index (κ1) is 21.6. The van der Waals surface area contributed by atoms with E-state index in [0.29, 0.717) is 30.3 Å². The maximum Gasteiger partial charge on any atom is 0.246 e. The molecule has 1 fully saturated rings. The number of benzene rings is 2. The highest BCUT2D eigenvalue weighted by molar-refractivity contribution is 5.92. The normalized spacial score (nSPS) is 14.7. The number of piperazine rings is 1.